The molecular weight excluding hydrogens is 310 g/mol. The molecule has 1 aliphatic heterocycles. The molecule has 1 aliphatic rings. The Morgan fingerprint density at radius 2 is 1.44 bits per heavy atom. The standard InChI is InChI=1S/C22H27NO2/c1-18(17-23-15-9-4-10-16-23)25-22(24)21(19-11-5-2-6-12-19)20-13-7-3-8-14-20/h2-3,5-8,11-14,18,21H,4,9-10,15-17H2,1H3/t18-/m0/s1. The minimum absolute atomic E-state index is 0.0967. The minimum Gasteiger partial charge on any atom is -0.461 e. The lowest BCUT2D eigenvalue weighted by Crippen LogP contribution is -2.37. The van der Waals surface area contributed by atoms with Crippen LogP contribution >= 0.6 is 0 Å². The van der Waals surface area contributed by atoms with E-state index in [-0.39, 0.29) is 18.0 Å². The van der Waals surface area contributed by atoms with Gasteiger partial charge in [-0.15, -0.1) is 0 Å². The Morgan fingerprint density at radius 3 is 1.96 bits per heavy atom. The zero-order chi connectivity index (χ0) is 17.5. The van der Waals surface area contributed by atoms with Gasteiger partial charge in [-0.1, -0.05) is 67.1 Å². The van der Waals surface area contributed by atoms with Gasteiger partial charge in [-0.25, -0.2) is 0 Å². The molecule has 1 heterocycles. The normalized spacial score (nSPS) is 16.6. The first-order chi connectivity index (χ1) is 12.2. The van der Waals surface area contributed by atoms with Crippen LogP contribution in [0.1, 0.15) is 43.2 Å². The molecule has 0 saturated carbocycles. The molecule has 3 nitrogen and oxygen atoms in total. The molecule has 0 bridgehead atoms. The van der Waals surface area contributed by atoms with Crippen molar-refractivity contribution < 1.29 is 9.53 Å². The van der Waals surface area contributed by atoms with Crippen LogP contribution in [0.5, 0.6) is 0 Å². The van der Waals surface area contributed by atoms with Crippen LogP contribution in [0.15, 0.2) is 60.7 Å². The molecule has 2 aromatic rings. The number of ether oxygens (including phenoxy) is 1. The fourth-order valence-corrected chi connectivity index (χ4v) is 3.56. The van der Waals surface area contributed by atoms with Gasteiger partial charge in [0.2, 0.25) is 0 Å². The van der Waals surface area contributed by atoms with E-state index in [0.717, 1.165) is 30.8 Å². The van der Waals surface area contributed by atoms with Crippen LogP contribution in [0, 0.1) is 0 Å². The van der Waals surface area contributed by atoms with E-state index in [9.17, 15) is 4.79 Å². The largest absolute Gasteiger partial charge is 0.461 e. The number of esters is 1. The maximum atomic E-state index is 13.0. The molecule has 0 unspecified atom stereocenters. The number of hydrogen-bond acceptors (Lipinski definition) is 3. The third kappa shape index (κ3) is 4.93. The minimum atomic E-state index is -0.369. The summed E-state index contributed by atoms with van der Waals surface area (Å²) in [6.07, 6.45) is 3.71. The molecular formula is C22H27NO2. The van der Waals surface area contributed by atoms with Gasteiger partial charge in [-0.3, -0.25) is 9.69 Å². The molecule has 0 aromatic heterocycles. The van der Waals surface area contributed by atoms with E-state index >= 15 is 0 Å². The van der Waals surface area contributed by atoms with Crippen molar-refractivity contribution in [3.8, 4) is 0 Å². The summed E-state index contributed by atoms with van der Waals surface area (Å²) >= 11 is 0. The smallest absolute Gasteiger partial charge is 0.318 e. The van der Waals surface area contributed by atoms with Crippen molar-refractivity contribution >= 4 is 5.97 Å². The Morgan fingerprint density at radius 1 is 0.920 bits per heavy atom. The average molecular weight is 337 g/mol. The van der Waals surface area contributed by atoms with Crippen molar-refractivity contribution in [2.75, 3.05) is 19.6 Å². The third-order valence-electron chi connectivity index (χ3n) is 4.78. The molecule has 132 valence electrons. The number of nitrogens with zero attached hydrogens (tertiary/aromatic N) is 1. The summed E-state index contributed by atoms with van der Waals surface area (Å²) in [5.41, 5.74) is 1.95. The SMILES string of the molecule is C[C@@H](CN1CCCCC1)OC(=O)C(c1ccccc1)c1ccccc1. The van der Waals surface area contributed by atoms with Gasteiger partial charge in [-0.2, -0.15) is 0 Å². The Kier molecular flexibility index (Phi) is 6.24. The molecule has 0 N–H and O–H groups in total. The molecule has 25 heavy (non-hydrogen) atoms. The summed E-state index contributed by atoms with van der Waals surface area (Å²) in [4.78, 5) is 15.4. The molecule has 3 rings (SSSR count). The highest BCUT2D eigenvalue weighted by molar-refractivity contribution is 5.82. The first-order valence-electron chi connectivity index (χ1n) is 9.27. The van der Waals surface area contributed by atoms with Crippen LogP contribution in [0.4, 0.5) is 0 Å². The quantitative estimate of drug-likeness (QED) is 0.739. The molecule has 1 atom stereocenters. The Bertz CT molecular complexity index is 611. The zero-order valence-corrected chi connectivity index (χ0v) is 14.9. The van der Waals surface area contributed by atoms with Gasteiger partial charge in [-0.05, 0) is 44.0 Å². The Labute approximate surface area is 150 Å². The van der Waals surface area contributed by atoms with Gasteiger partial charge in [0.1, 0.15) is 12.0 Å². The third-order valence-corrected chi connectivity index (χ3v) is 4.78. The highest BCUT2D eigenvalue weighted by Gasteiger charge is 2.26. The van der Waals surface area contributed by atoms with Gasteiger partial charge in [0, 0.05) is 6.54 Å². The summed E-state index contributed by atoms with van der Waals surface area (Å²) in [6.45, 7) is 5.05. The number of rotatable bonds is 6. The molecule has 0 amide bonds. The van der Waals surface area contributed by atoms with E-state index in [1.54, 1.807) is 0 Å². The lowest BCUT2D eigenvalue weighted by Gasteiger charge is -2.29. The summed E-state index contributed by atoms with van der Waals surface area (Å²) in [5.74, 6) is -0.534. The van der Waals surface area contributed by atoms with Crippen LogP contribution in [0.25, 0.3) is 0 Å². The van der Waals surface area contributed by atoms with E-state index in [1.807, 2.05) is 67.6 Å². The highest BCUT2D eigenvalue weighted by atomic mass is 16.5. The van der Waals surface area contributed by atoms with Gasteiger partial charge in [0.25, 0.3) is 0 Å². The monoisotopic (exact) mass is 337 g/mol. The summed E-state index contributed by atoms with van der Waals surface area (Å²) < 4.78 is 5.84. The topological polar surface area (TPSA) is 29.5 Å². The molecule has 3 heteroatoms. The first-order valence-corrected chi connectivity index (χ1v) is 9.27. The fraction of sp³-hybridized carbons (Fsp3) is 0.409. The number of hydrogen-bond donors (Lipinski definition) is 0. The summed E-state index contributed by atoms with van der Waals surface area (Å²) in [5, 5.41) is 0. The summed E-state index contributed by atoms with van der Waals surface area (Å²) in [7, 11) is 0. The van der Waals surface area contributed by atoms with Crippen LogP contribution in [-0.2, 0) is 9.53 Å². The maximum Gasteiger partial charge on any atom is 0.318 e. The van der Waals surface area contributed by atoms with E-state index in [4.69, 9.17) is 4.74 Å². The Hall–Kier alpha value is -2.13. The van der Waals surface area contributed by atoms with Crippen molar-refractivity contribution in [2.45, 2.75) is 38.2 Å². The van der Waals surface area contributed by atoms with E-state index in [0.29, 0.717) is 0 Å². The van der Waals surface area contributed by atoms with E-state index in [1.165, 1.54) is 19.3 Å². The zero-order valence-electron chi connectivity index (χ0n) is 14.9. The van der Waals surface area contributed by atoms with Gasteiger partial charge < -0.3 is 4.74 Å². The van der Waals surface area contributed by atoms with Gasteiger partial charge >= 0.3 is 5.97 Å². The second-order valence-corrected chi connectivity index (χ2v) is 6.86. The molecule has 0 aliphatic carbocycles. The molecule has 1 saturated heterocycles. The van der Waals surface area contributed by atoms with Gasteiger partial charge in [0.05, 0.1) is 0 Å². The van der Waals surface area contributed by atoms with Crippen molar-refractivity contribution in [2.24, 2.45) is 0 Å². The van der Waals surface area contributed by atoms with Crippen LogP contribution in [0.3, 0.4) is 0 Å². The maximum absolute atomic E-state index is 13.0. The average Bonchev–Trinajstić information content (AvgIpc) is 2.64. The Balaban J connectivity index is 1.71. The number of benzene rings is 2. The van der Waals surface area contributed by atoms with E-state index < -0.39 is 0 Å². The van der Waals surface area contributed by atoms with Crippen molar-refractivity contribution in [1.29, 1.82) is 0 Å². The number of piperidine rings is 1. The number of carbonyl (C=O) groups is 1. The molecule has 0 spiro atoms. The first kappa shape index (κ1) is 17.7. The number of likely N-dealkylation sites (tertiary alicyclic amines) is 1. The number of carbonyl (C=O) groups excluding carboxylic acids is 1. The highest BCUT2D eigenvalue weighted by Crippen LogP contribution is 2.26. The van der Waals surface area contributed by atoms with Crippen LogP contribution in [0.2, 0.25) is 0 Å². The van der Waals surface area contributed by atoms with E-state index in [2.05, 4.69) is 4.90 Å². The molecule has 1 fully saturated rings. The van der Waals surface area contributed by atoms with Gasteiger partial charge in [0.15, 0.2) is 0 Å². The lowest BCUT2D eigenvalue weighted by atomic mass is 9.91. The van der Waals surface area contributed by atoms with Crippen LogP contribution < -0.4 is 0 Å². The van der Waals surface area contributed by atoms with Crippen molar-refractivity contribution in [1.82, 2.24) is 4.90 Å². The molecule has 2 aromatic carbocycles. The second-order valence-electron chi connectivity index (χ2n) is 6.86. The van der Waals surface area contributed by atoms with Crippen LogP contribution in [-0.4, -0.2) is 36.6 Å². The predicted molar refractivity (Wildman–Crippen MR) is 101 cm³/mol. The fourth-order valence-electron chi connectivity index (χ4n) is 3.56. The molecule has 0 radical (unpaired) electrons. The van der Waals surface area contributed by atoms with Crippen molar-refractivity contribution in [3.05, 3.63) is 71.8 Å². The van der Waals surface area contributed by atoms with Crippen molar-refractivity contribution in [3.63, 3.8) is 0 Å². The summed E-state index contributed by atoms with van der Waals surface area (Å²) in [6, 6.07) is 19.8. The predicted octanol–water partition coefficient (Wildman–Crippen LogP) is 4.24. The second kappa shape index (κ2) is 8.82. The lowest BCUT2D eigenvalue weighted by molar-refractivity contribution is -0.150.